The number of benzene rings is 1. The van der Waals surface area contributed by atoms with Crippen molar-refractivity contribution < 1.29 is 4.74 Å². The molecule has 0 radical (unpaired) electrons. The van der Waals surface area contributed by atoms with Crippen LogP contribution in [-0.2, 0) is 0 Å². The zero-order chi connectivity index (χ0) is 21.7. The number of aryl methyl sites for hydroxylation is 1. The van der Waals surface area contributed by atoms with Crippen LogP contribution in [0.25, 0.3) is 0 Å². The molecule has 30 heavy (non-hydrogen) atoms. The highest BCUT2D eigenvalue weighted by atomic mass is 35.5. The molecular weight excluding hydrogens is 423 g/mol. The SMILES string of the molecule is CCN1CCCC(Oc2cc(C)nc(N(C)C(=NC)Nc3ccc(Cl)c(Cl)c3)n2)C1. The maximum absolute atomic E-state index is 6.21. The van der Waals surface area contributed by atoms with Crippen molar-refractivity contribution in [3.8, 4) is 5.88 Å². The third-order valence-electron chi connectivity index (χ3n) is 5.02. The lowest BCUT2D eigenvalue weighted by atomic mass is 10.1. The fourth-order valence-electron chi connectivity index (χ4n) is 3.39. The molecule has 2 heterocycles. The predicted octanol–water partition coefficient (Wildman–Crippen LogP) is 4.49. The number of halogens is 2. The van der Waals surface area contributed by atoms with Gasteiger partial charge in [0.05, 0.1) is 10.0 Å². The number of anilines is 2. The zero-order valence-corrected chi connectivity index (χ0v) is 19.3. The lowest BCUT2D eigenvalue weighted by Gasteiger charge is -2.31. The maximum atomic E-state index is 6.21. The molecule has 1 aromatic carbocycles. The van der Waals surface area contributed by atoms with Crippen LogP contribution in [0.1, 0.15) is 25.5 Å². The number of nitrogens with one attached hydrogen (secondary N) is 1. The molecule has 0 spiro atoms. The van der Waals surface area contributed by atoms with Crippen molar-refractivity contribution in [3.05, 3.63) is 40.0 Å². The number of ether oxygens (including phenoxy) is 1. The smallest absolute Gasteiger partial charge is 0.235 e. The highest BCUT2D eigenvalue weighted by Gasteiger charge is 2.22. The van der Waals surface area contributed by atoms with E-state index in [9.17, 15) is 0 Å². The summed E-state index contributed by atoms with van der Waals surface area (Å²) in [7, 11) is 3.55. The standard InChI is InChI=1S/C21H28Cl2N6O/c1-5-29-10-6-7-16(13-29)30-19-11-14(2)25-21(27-19)28(4)20(24-3)26-15-8-9-17(22)18(23)12-15/h8-9,11-12,16H,5-7,10,13H2,1-4H3,(H,24,26). The normalized spacial score (nSPS) is 17.7. The van der Waals surface area contributed by atoms with Gasteiger partial charge >= 0.3 is 0 Å². The molecule has 0 amide bonds. The Morgan fingerprint density at radius 2 is 2.10 bits per heavy atom. The summed E-state index contributed by atoms with van der Waals surface area (Å²) < 4.78 is 6.21. The molecule has 1 saturated heterocycles. The largest absolute Gasteiger partial charge is 0.473 e. The molecule has 1 unspecified atom stereocenters. The number of hydrogen-bond acceptors (Lipinski definition) is 5. The third-order valence-corrected chi connectivity index (χ3v) is 5.76. The number of hydrogen-bond donors (Lipinski definition) is 1. The van der Waals surface area contributed by atoms with Crippen LogP contribution >= 0.6 is 23.2 Å². The monoisotopic (exact) mass is 450 g/mol. The van der Waals surface area contributed by atoms with Gasteiger partial charge < -0.3 is 10.1 Å². The highest BCUT2D eigenvalue weighted by molar-refractivity contribution is 6.42. The first kappa shape index (κ1) is 22.6. The van der Waals surface area contributed by atoms with E-state index in [1.54, 1.807) is 24.1 Å². The minimum atomic E-state index is 0.139. The molecule has 1 fully saturated rings. The molecule has 0 saturated carbocycles. The second-order valence-corrected chi connectivity index (χ2v) is 8.10. The van der Waals surface area contributed by atoms with Gasteiger partial charge in [-0.1, -0.05) is 30.1 Å². The molecule has 1 aliphatic rings. The molecule has 3 rings (SSSR count). The third kappa shape index (κ3) is 5.74. The fourth-order valence-corrected chi connectivity index (χ4v) is 3.69. The summed E-state index contributed by atoms with van der Waals surface area (Å²) in [5.74, 6) is 1.65. The lowest BCUT2D eigenvalue weighted by molar-refractivity contribution is 0.0882. The van der Waals surface area contributed by atoms with E-state index >= 15 is 0 Å². The van der Waals surface area contributed by atoms with E-state index in [1.165, 1.54) is 0 Å². The summed E-state index contributed by atoms with van der Waals surface area (Å²) in [5, 5.41) is 4.20. The fraction of sp³-hybridized carbons (Fsp3) is 0.476. The van der Waals surface area contributed by atoms with Gasteiger partial charge in [-0.2, -0.15) is 4.98 Å². The van der Waals surface area contributed by atoms with E-state index in [0.717, 1.165) is 43.9 Å². The van der Waals surface area contributed by atoms with Crippen LogP contribution in [0.15, 0.2) is 29.3 Å². The number of aliphatic imine (C=N–C) groups is 1. The Bertz CT molecular complexity index is 907. The molecule has 1 atom stereocenters. The first-order chi connectivity index (χ1) is 14.4. The number of likely N-dealkylation sites (N-methyl/N-ethyl adjacent to an activating group) is 1. The molecule has 1 aliphatic heterocycles. The lowest BCUT2D eigenvalue weighted by Crippen LogP contribution is -2.41. The second-order valence-electron chi connectivity index (χ2n) is 7.28. The van der Waals surface area contributed by atoms with Gasteiger partial charge in [0, 0.05) is 38.1 Å². The second kappa shape index (κ2) is 10.3. The Morgan fingerprint density at radius 1 is 1.30 bits per heavy atom. The number of rotatable bonds is 5. The Balaban J connectivity index is 1.75. The Kier molecular flexibility index (Phi) is 7.75. The zero-order valence-electron chi connectivity index (χ0n) is 17.8. The van der Waals surface area contributed by atoms with Gasteiger partial charge in [0.25, 0.3) is 0 Å². The molecule has 7 nitrogen and oxygen atoms in total. The summed E-state index contributed by atoms with van der Waals surface area (Å²) in [4.78, 5) is 17.7. The van der Waals surface area contributed by atoms with Crippen LogP contribution in [0.2, 0.25) is 10.0 Å². The molecule has 2 aromatic rings. The average molecular weight is 451 g/mol. The van der Waals surface area contributed by atoms with Gasteiger partial charge in [-0.25, -0.2) is 4.98 Å². The van der Waals surface area contributed by atoms with Crippen molar-refractivity contribution in [2.75, 3.05) is 43.9 Å². The average Bonchev–Trinajstić information content (AvgIpc) is 2.73. The molecule has 1 aromatic heterocycles. The van der Waals surface area contributed by atoms with Crippen LogP contribution in [0.4, 0.5) is 11.6 Å². The minimum absolute atomic E-state index is 0.139. The van der Waals surface area contributed by atoms with Crippen molar-refractivity contribution in [1.82, 2.24) is 14.9 Å². The van der Waals surface area contributed by atoms with Crippen LogP contribution in [0.3, 0.4) is 0 Å². The van der Waals surface area contributed by atoms with Gasteiger partial charge in [0.1, 0.15) is 6.10 Å². The van der Waals surface area contributed by atoms with E-state index < -0.39 is 0 Å². The molecule has 0 bridgehead atoms. The molecule has 9 heteroatoms. The number of guanidine groups is 1. The van der Waals surface area contributed by atoms with E-state index in [-0.39, 0.29) is 6.10 Å². The van der Waals surface area contributed by atoms with E-state index in [1.807, 2.05) is 26.1 Å². The van der Waals surface area contributed by atoms with E-state index in [0.29, 0.717) is 27.8 Å². The maximum Gasteiger partial charge on any atom is 0.235 e. The summed E-state index contributed by atoms with van der Waals surface area (Å²) in [6, 6.07) is 7.19. The van der Waals surface area contributed by atoms with Gasteiger partial charge in [-0.15, -0.1) is 0 Å². The van der Waals surface area contributed by atoms with Crippen molar-refractivity contribution in [2.24, 2.45) is 4.99 Å². The number of piperidine rings is 1. The van der Waals surface area contributed by atoms with Crippen LogP contribution in [0.5, 0.6) is 5.88 Å². The van der Waals surface area contributed by atoms with Crippen LogP contribution in [0, 0.1) is 6.92 Å². The topological polar surface area (TPSA) is 65.9 Å². The summed E-state index contributed by atoms with van der Waals surface area (Å²) >= 11 is 12.1. The first-order valence-corrected chi connectivity index (χ1v) is 10.8. The first-order valence-electron chi connectivity index (χ1n) is 10.1. The van der Waals surface area contributed by atoms with Gasteiger partial charge in [0.15, 0.2) is 0 Å². The number of likely N-dealkylation sites (tertiary alicyclic amines) is 1. The molecule has 1 N–H and O–H groups in total. The molecule has 162 valence electrons. The van der Waals surface area contributed by atoms with Crippen LogP contribution < -0.4 is 15.0 Å². The van der Waals surface area contributed by atoms with Crippen molar-refractivity contribution in [3.63, 3.8) is 0 Å². The highest BCUT2D eigenvalue weighted by Crippen LogP contribution is 2.25. The quantitative estimate of drug-likeness (QED) is 0.534. The Morgan fingerprint density at radius 3 is 2.80 bits per heavy atom. The van der Waals surface area contributed by atoms with E-state index in [2.05, 4.69) is 32.1 Å². The van der Waals surface area contributed by atoms with Crippen molar-refractivity contribution >= 4 is 40.8 Å². The Hall–Kier alpha value is -2.09. The van der Waals surface area contributed by atoms with Crippen molar-refractivity contribution in [1.29, 1.82) is 0 Å². The van der Waals surface area contributed by atoms with Gasteiger partial charge in [-0.05, 0) is 51.1 Å². The predicted molar refractivity (Wildman–Crippen MR) is 124 cm³/mol. The molecule has 0 aliphatic carbocycles. The Labute approximate surface area is 188 Å². The van der Waals surface area contributed by atoms with Crippen LogP contribution in [-0.4, -0.2) is 60.7 Å². The van der Waals surface area contributed by atoms with Crippen molar-refractivity contribution in [2.45, 2.75) is 32.8 Å². The molecular formula is C21H28Cl2N6O. The summed E-state index contributed by atoms with van der Waals surface area (Å²) in [5.41, 5.74) is 1.60. The number of aromatic nitrogens is 2. The van der Waals surface area contributed by atoms with E-state index in [4.69, 9.17) is 27.9 Å². The van der Waals surface area contributed by atoms with Gasteiger partial charge in [-0.3, -0.25) is 14.8 Å². The summed E-state index contributed by atoms with van der Waals surface area (Å²) in [6.45, 7) is 7.19. The minimum Gasteiger partial charge on any atom is -0.473 e. The van der Waals surface area contributed by atoms with Gasteiger partial charge in [0.2, 0.25) is 17.8 Å². The summed E-state index contributed by atoms with van der Waals surface area (Å²) in [6.07, 6.45) is 2.31. The number of nitrogens with zero attached hydrogens (tertiary/aromatic N) is 5.